The summed E-state index contributed by atoms with van der Waals surface area (Å²) in [6.07, 6.45) is 4.29. The van der Waals surface area contributed by atoms with Crippen molar-refractivity contribution in [2.24, 2.45) is 5.73 Å². The highest BCUT2D eigenvalue weighted by Gasteiger charge is 2.28. The summed E-state index contributed by atoms with van der Waals surface area (Å²) >= 11 is 0. The molecule has 1 aliphatic carbocycles. The van der Waals surface area contributed by atoms with Crippen molar-refractivity contribution in [2.45, 2.75) is 57.7 Å². The number of likely N-dealkylation sites (N-methyl/N-ethyl adjacent to an activating group) is 1. The van der Waals surface area contributed by atoms with Gasteiger partial charge >= 0.3 is 5.97 Å². The van der Waals surface area contributed by atoms with Crippen LogP contribution in [-0.2, 0) is 9.53 Å². The number of hydrogen-bond donors (Lipinski definition) is 1. The monoisotopic (exact) mass is 228 g/mol. The van der Waals surface area contributed by atoms with E-state index in [4.69, 9.17) is 10.5 Å². The van der Waals surface area contributed by atoms with Gasteiger partial charge in [0.05, 0.1) is 6.61 Å². The molecule has 0 saturated heterocycles. The summed E-state index contributed by atoms with van der Waals surface area (Å²) in [4.78, 5) is 13.7. The van der Waals surface area contributed by atoms with Crippen molar-refractivity contribution in [3.05, 3.63) is 0 Å². The lowest BCUT2D eigenvalue weighted by Crippen LogP contribution is -2.46. The fraction of sp³-hybridized carbons (Fsp3) is 0.917. The van der Waals surface area contributed by atoms with Gasteiger partial charge in [0.25, 0.3) is 0 Å². The maximum absolute atomic E-state index is 11.6. The highest BCUT2D eigenvalue weighted by molar-refractivity contribution is 5.75. The molecule has 0 aromatic heterocycles. The Morgan fingerprint density at radius 3 is 2.50 bits per heavy atom. The zero-order valence-electron chi connectivity index (χ0n) is 10.6. The van der Waals surface area contributed by atoms with E-state index in [2.05, 4.69) is 4.90 Å². The summed E-state index contributed by atoms with van der Waals surface area (Å²) in [6, 6.07) is 0.668. The van der Waals surface area contributed by atoms with Crippen molar-refractivity contribution in [2.75, 3.05) is 13.7 Å². The van der Waals surface area contributed by atoms with E-state index in [1.54, 1.807) is 0 Å². The van der Waals surface area contributed by atoms with Gasteiger partial charge in [-0.15, -0.1) is 0 Å². The molecule has 0 heterocycles. The van der Waals surface area contributed by atoms with Gasteiger partial charge in [0.2, 0.25) is 0 Å². The van der Waals surface area contributed by atoms with Crippen LogP contribution in [0.15, 0.2) is 0 Å². The molecule has 2 N–H and O–H groups in total. The molecule has 0 spiro atoms. The van der Waals surface area contributed by atoms with E-state index in [1.165, 1.54) is 0 Å². The largest absolute Gasteiger partial charge is 0.465 e. The first-order valence-electron chi connectivity index (χ1n) is 6.20. The number of rotatable bonds is 4. The predicted molar refractivity (Wildman–Crippen MR) is 64.1 cm³/mol. The zero-order chi connectivity index (χ0) is 12.1. The maximum Gasteiger partial charge on any atom is 0.323 e. The van der Waals surface area contributed by atoms with Gasteiger partial charge < -0.3 is 10.5 Å². The van der Waals surface area contributed by atoms with Gasteiger partial charge in [-0.25, -0.2) is 0 Å². The molecule has 0 aromatic carbocycles. The first-order valence-corrected chi connectivity index (χ1v) is 6.20. The highest BCUT2D eigenvalue weighted by Crippen LogP contribution is 2.22. The number of ether oxygens (including phenoxy) is 1. The van der Waals surface area contributed by atoms with Crippen molar-refractivity contribution in [1.82, 2.24) is 4.90 Å². The number of nitrogens with two attached hydrogens (primary N) is 1. The van der Waals surface area contributed by atoms with Gasteiger partial charge in [0, 0.05) is 12.1 Å². The average Bonchev–Trinajstić information content (AvgIpc) is 2.28. The predicted octanol–water partition coefficient (Wildman–Crippen LogP) is 1.14. The molecule has 4 heteroatoms. The number of carbonyl (C=O) groups excluding carboxylic acids is 1. The van der Waals surface area contributed by atoms with Crippen LogP contribution >= 0.6 is 0 Å². The van der Waals surface area contributed by atoms with E-state index in [9.17, 15) is 4.79 Å². The highest BCUT2D eigenvalue weighted by atomic mass is 16.5. The van der Waals surface area contributed by atoms with Gasteiger partial charge in [-0.1, -0.05) is 0 Å². The molecule has 1 atom stereocenters. The molecule has 1 saturated carbocycles. The Balaban J connectivity index is 2.43. The van der Waals surface area contributed by atoms with Crippen LogP contribution in [0.4, 0.5) is 0 Å². The first kappa shape index (κ1) is 13.5. The van der Waals surface area contributed by atoms with Crippen molar-refractivity contribution >= 4 is 5.97 Å². The lowest BCUT2D eigenvalue weighted by Gasteiger charge is -2.36. The molecule has 0 radical (unpaired) electrons. The third kappa shape index (κ3) is 3.46. The first-order chi connectivity index (χ1) is 7.56. The van der Waals surface area contributed by atoms with Gasteiger partial charge in [0.15, 0.2) is 0 Å². The van der Waals surface area contributed by atoms with Gasteiger partial charge in [-0.2, -0.15) is 0 Å². The van der Waals surface area contributed by atoms with Crippen molar-refractivity contribution in [3.8, 4) is 0 Å². The Morgan fingerprint density at radius 1 is 1.44 bits per heavy atom. The second-order valence-electron chi connectivity index (χ2n) is 4.66. The van der Waals surface area contributed by atoms with Crippen LogP contribution in [0.1, 0.15) is 39.5 Å². The fourth-order valence-electron chi connectivity index (χ4n) is 2.25. The minimum Gasteiger partial charge on any atom is -0.465 e. The summed E-state index contributed by atoms with van der Waals surface area (Å²) in [5, 5.41) is 0. The summed E-state index contributed by atoms with van der Waals surface area (Å²) in [5.74, 6) is -0.125. The van der Waals surface area contributed by atoms with E-state index in [1.807, 2.05) is 20.9 Å². The van der Waals surface area contributed by atoms with E-state index in [0.29, 0.717) is 18.7 Å². The molecule has 0 amide bonds. The molecule has 0 aromatic rings. The Morgan fingerprint density at radius 2 is 2.00 bits per heavy atom. The standard InChI is InChI=1S/C12H24N2O2/c1-4-16-12(15)9(2)14(3)11-7-5-10(13)6-8-11/h9-11H,4-8,13H2,1-3H3. The minimum absolute atomic E-state index is 0.125. The summed E-state index contributed by atoms with van der Waals surface area (Å²) in [5.41, 5.74) is 5.87. The Labute approximate surface area is 98.1 Å². The third-order valence-electron chi connectivity index (χ3n) is 3.56. The Kier molecular flexibility index (Phi) is 5.22. The Hall–Kier alpha value is -0.610. The molecular weight excluding hydrogens is 204 g/mol. The molecule has 94 valence electrons. The van der Waals surface area contributed by atoms with E-state index in [0.717, 1.165) is 25.7 Å². The summed E-state index contributed by atoms with van der Waals surface area (Å²) in [7, 11) is 2.00. The molecule has 0 bridgehead atoms. The van der Waals surface area contributed by atoms with Gasteiger partial charge in [-0.3, -0.25) is 9.69 Å². The van der Waals surface area contributed by atoms with Crippen molar-refractivity contribution in [1.29, 1.82) is 0 Å². The molecular formula is C12H24N2O2. The molecule has 1 unspecified atom stereocenters. The van der Waals surface area contributed by atoms with Gasteiger partial charge in [-0.05, 0) is 46.6 Å². The van der Waals surface area contributed by atoms with Gasteiger partial charge in [0.1, 0.15) is 6.04 Å². The van der Waals surface area contributed by atoms with Crippen LogP contribution < -0.4 is 5.73 Å². The topological polar surface area (TPSA) is 55.6 Å². The van der Waals surface area contributed by atoms with Crippen LogP contribution in [0.3, 0.4) is 0 Å². The number of esters is 1. The van der Waals surface area contributed by atoms with E-state index in [-0.39, 0.29) is 12.0 Å². The fourth-order valence-corrected chi connectivity index (χ4v) is 2.25. The molecule has 1 aliphatic rings. The molecule has 0 aliphatic heterocycles. The number of carbonyl (C=O) groups is 1. The number of nitrogens with zero attached hydrogens (tertiary/aromatic N) is 1. The maximum atomic E-state index is 11.6. The van der Waals surface area contributed by atoms with Crippen molar-refractivity contribution < 1.29 is 9.53 Å². The van der Waals surface area contributed by atoms with Crippen LogP contribution in [0, 0.1) is 0 Å². The molecule has 1 fully saturated rings. The SMILES string of the molecule is CCOC(=O)C(C)N(C)C1CCC(N)CC1. The van der Waals surface area contributed by atoms with Crippen LogP contribution in [0.25, 0.3) is 0 Å². The van der Waals surface area contributed by atoms with Crippen LogP contribution in [0.2, 0.25) is 0 Å². The smallest absolute Gasteiger partial charge is 0.323 e. The minimum atomic E-state index is -0.153. The van der Waals surface area contributed by atoms with Crippen molar-refractivity contribution in [3.63, 3.8) is 0 Å². The third-order valence-corrected chi connectivity index (χ3v) is 3.56. The van der Waals surface area contributed by atoms with Crippen LogP contribution in [0.5, 0.6) is 0 Å². The average molecular weight is 228 g/mol. The quantitative estimate of drug-likeness (QED) is 0.733. The van der Waals surface area contributed by atoms with Crippen LogP contribution in [-0.4, -0.2) is 42.6 Å². The van der Waals surface area contributed by atoms with E-state index >= 15 is 0 Å². The normalized spacial score (nSPS) is 27.8. The summed E-state index contributed by atoms with van der Waals surface area (Å²) < 4.78 is 5.03. The second kappa shape index (κ2) is 6.21. The summed E-state index contributed by atoms with van der Waals surface area (Å²) in [6.45, 7) is 4.20. The second-order valence-corrected chi connectivity index (χ2v) is 4.66. The lowest BCUT2D eigenvalue weighted by atomic mass is 9.90. The van der Waals surface area contributed by atoms with E-state index < -0.39 is 0 Å². The molecule has 1 rings (SSSR count). The molecule has 4 nitrogen and oxygen atoms in total. The lowest BCUT2D eigenvalue weighted by molar-refractivity contribution is -0.149. The Bertz CT molecular complexity index is 225. The molecule has 16 heavy (non-hydrogen) atoms. The number of hydrogen-bond acceptors (Lipinski definition) is 4. The zero-order valence-corrected chi connectivity index (χ0v) is 10.6.